The predicted molar refractivity (Wildman–Crippen MR) is 74.6 cm³/mol. The van der Waals surface area contributed by atoms with Gasteiger partial charge in [0.15, 0.2) is 0 Å². The summed E-state index contributed by atoms with van der Waals surface area (Å²) in [7, 11) is 0. The number of nitrogens with zero attached hydrogens (tertiary/aromatic N) is 3. The lowest BCUT2D eigenvalue weighted by Gasteiger charge is -2.28. The minimum absolute atomic E-state index is 0.461. The second-order valence-electron chi connectivity index (χ2n) is 4.55. The molecular formula is C13H16N6. The fourth-order valence-electron chi connectivity index (χ4n) is 1.89. The first-order valence-corrected chi connectivity index (χ1v) is 6.29. The van der Waals surface area contributed by atoms with Crippen molar-refractivity contribution in [3.05, 3.63) is 36.4 Å². The molecule has 1 fully saturated rings. The van der Waals surface area contributed by atoms with E-state index in [1.54, 1.807) is 12.4 Å². The number of aryl methyl sites for hydroxylation is 1. The highest BCUT2D eigenvalue weighted by Gasteiger charge is 2.16. The fourth-order valence-corrected chi connectivity index (χ4v) is 1.89. The van der Waals surface area contributed by atoms with Crippen molar-refractivity contribution in [1.29, 1.82) is 0 Å². The van der Waals surface area contributed by atoms with Gasteiger partial charge in [0.25, 0.3) is 0 Å². The largest absolute Gasteiger partial charge is 0.365 e. The number of anilines is 3. The van der Waals surface area contributed by atoms with Gasteiger partial charge in [0, 0.05) is 37.2 Å². The first-order chi connectivity index (χ1) is 9.29. The van der Waals surface area contributed by atoms with Crippen molar-refractivity contribution >= 4 is 17.3 Å². The molecule has 0 atom stereocenters. The van der Waals surface area contributed by atoms with E-state index < -0.39 is 0 Å². The molecule has 0 spiro atoms. The summed E-state index contributed by atoms with van der Waals surface area (Å²) >= 11 is 0. The zero-order chi connectivity index (χ0) is 13.1. The van der Waals surface area contributed by atoms with Gasteiger partial charge in [-0.05, 0) is 19.1 Å². The van der Waals surface area contributed by atoms with Crippen LogP contribution in [0.2, 0.25) is 0 Å². The van der Waals surface area contributed by atoms with E-state index in [1.165, 1.54) is 0 Å². The third-order valence-corrected chi connectivity index (χ3v) is 2.92. The molecule has 3 heterocycles. The SMILES string of the molecule is Cc1nc(Nc2ccncc2)cc(NC2CNC2)n1. The molecule has 2 aromatic rings. The Hall–Kier alpha value is -2.21. The Kier molecular flexibility index (Phi) is 3.24. The number of aromatic nitrogens is 3. The minimum atomic E-state index is 0.461. The van der Waals surface area contributed by atoms with Crippen molar-refractivity contribution in [2.45, 2.75) is 13.0 Å². The van der Waals surface area contributed by atoms with Crippen LogP contribution in [-0.4, -0.2) is 34.1 Å². The summed E-state index contributed by atoms with van der Waals surface area (Å²) in [4.78, 5) is 12.8. The van der Waals surface area contributed by atoms with Crippen LogP contribution in [0.3, 0.4) is 0 Å². The van der Waals surface area contributed by atoms with Crippen LogP contribution in [0, 0.1) is 6.92 Å². The summed E-state index contributed by atoms with van der Waals surface area (Å²) in [5.74, 6) is 2.39. The summed E-state index contributed by atoms with van der Waals surface area (Å²) in [6, 6.07) is 6.19. The average Bonchev–Trinajstić information content (AvgIpc) is 2.34. The minimum Gasteiger partial charge on any atom is -0.365 e. The van der Waals surface area contributed by atoms with Crippen molar-refractivity contribution in [3.8, 4) is 0 Å². The van der Waals surface area contributed by atoms with Crippen LogP contribution in [0.4, 0.5) is 17.3 Å². The maximum atomic E-state index is 4.39. The van der Waals surface area contributed by atoms with Gasteiger partial charge in [-0.15, -0.1) is 0 Å². The third-order valence-electron chi connectivity index (χ3n) is 2.92. The van der Waals surface area contributed by atoms with E-state index in [0.29, 0.717) is 6.04 Å². The van der Waals surface area contributed by atoms with Gasteiger partial charge in [0.1, 0.15) is 17.5 Å². The van der Waals surface area contributed by atoms with Gasteiger partial charge in [0.05, 0.1) is 6.04 Å². The molecule has 3 N–H and O–H groups in total. The van der Waals surface area contributed by atoms with Gasteiger partial charge >= 0.3 is 0 Å². The molecule has 1 saturated heterocycles. The predicted octanol–water partition coefficient (Wildman–Crippen LogP) is 1.31. The summed E-state index contributed by atoms with van der Waals surface area (Å²) in [5, 5.41) is 9.85. The maximum Gasteiger partial charge on any atom is 0.136 e. The van der Waals surface area contributed by atoms with Crippen molar-refractivity contribution < 1.29 is 0 Å². The van der Waals surface area contributed by atoms with Gasteiger partial charge in [-0.1, -0.05) is 0 Å². The summed E-state index contributed by atoms with van der Waals surface area (Å²) in [5.41, 5.74) is 0.962. The van der Waals surface area contributed by atoms with E-state index >= 15 is 0 Å². The van der Waals surface area contributed by atoms with E-state index in [-0.39, 0.29) is 0 Å². The molecule has 2 aromatic heterocycles. The zero-order valence-electron chi connectivity index (χ0n) is 10.7. The van der Waals surface area contributed by atoms with Crippen molar-refractivity contribution in [2.24, 2.45) is 0 Å². The lowest BCUT2D eigenvalue weighted by Crippen LogP contribution is -2.51. The molecule has 6 heteroatoms. The molecule has 6 nitrogen and oxygen atoms in total. The third kappa shape index (κ3) is 2.97. The van der Waals surface area contributed by atoms with Crippen molar-refractivity contribution in [2.75, 3.05) is 23.7 Å². The molecule has 1 aliphatic heterocycles. The highest BCUT2D eigenvalue weighted by molar-refractivity contribution is 5.58. The van der Waals surface area contributed by atoms with Crippen LogP contribution >= 0.6 is 0 Å². The fraction of sp³-hybridized carbons (Fsp3) is 0.308. The second-order valence-corrected chi connectivity index (χ2v) is 4.55. The van der Waals surface area contributed by atoms with E-state index in [0.717, 1.165) is 36.2 Å². The molecule has 3 rings (SSSR count). The zero-order valence-corrected chi connectivity index (χ0v) is 10.7. The first kappa shape index (κ1) is 11.9. The highest BCUT2D eigenvalue weighted by Crippen LogP contribution is 2.17. The standard InChI is InChI=1S/C13H16N6/c1-9-16-12(18-10-2-4-14-5-3-10)6-13(17-9)19-11-7-15-8-11/h2-6,11,15H,7-8H2,1H3,(H2,14,16,17,18,19). The smallest absolute Gasteiger partial charge is 0.136 e. The summed E-state index contributed by atoms with van der Waals surface area (Å²) in [6.45, 7) is 3.86. The van der Waals surface area contributed by atoms with E-state index in [4.69, 9.17) is 0 Å². The Morgan fingerprint density at radius 1 is 1.16 bits per heavy atom. The molecule has 0 amide bonds. The van der Waals surface area contributed by atoms with Crippen LogP contribution < -0.4 is 16.0 Å². The van der Waals surface area contributed by atoms with Crippen LogP contribution in [0.1, 0.15) is 5.82 Å². The molecule has 98 valence electrons. The van der Waals surface area contributed by atoms with Crippen LogP contribution in [-0.2, 0) is 0 Å². The summed E-state index contributed by atoms with van der Waals surface area (Å²) < 4.78 is 0. The Morgan fingerprint density at radius 2 is 1.89 bits per heavy atom. The molecule has 0 aliphatic carbocycles. The monoisotopic (exact) mass is 256 g/mol. The molecule has 0 aromatic carbocycles. The maximum absolute atomic E-state index is 4.39. The number of hydrogen-bond donors (Lipinski definition) is 3. The van der Waals surface area contributed by atoms with Crippen LogP contribution in [0.5, 0.6) is 0 Å². The van der Waals surface area contributed by atoms with Gasteiger partial charge in [0.2, 0.25) is 0 Å². The Bertz CT molecular complexity index is 552. The van der Waals surface area contributed by atoms with Crippen molar-refractivity contribution in [1.82, 2.24) is 20.3 Å². The van der Waals surface area contributed by atoms with E-state index in [9.17, 15) is 0 Å². The Labute approximate surface area is 111 Å². The van der Waals surface area contributed by atoms with Gasteiger partial charge in [-0.25, -0.2) is 9.97 Å². The highest BCUT2D eigenvalue weighted by atomic mass is 15.1. The summed E-state index contributed by atoms with van der Waals surface area (Å²) in [6.07, 6.45) is 3.49. The lowest BCUT2D eigenvalue weighted by atomic mass is 10.2. The number of rotatable bonds is 4. The van der Waals surface area contributed by atoms with Crippen LogP contribution in [0.15, 0.2) is 30.6 Å². The Morgan fingerprint density at radius 3 is 2.58 bits per heavy atom. The first-order valence-electron chi connectivity index (χ1n) is 6.29. The molecule has 0 saturated carbocycles. The van der Waals surface area contributed by atoms with Crippen molar-refractivity contribution in [3.63, 3.8) is 0 Å². The number of hydrogen-bond acceptors (Lipinski definition) is 6. The van der Waals surface area contributed by atoms with Crippen LogP contribution in [0.25, 0.3) is 0 Å². The van der Waals surface area contributed by atoms with E-state index in [1.807, 2.05) is 25.1 Å². The molecule has 0 unspecified atom stereocenters. The second kappa shape index (κ2) is 5.19. The molecule has 0 radical (unpaired) electrons. The topological polar surface area (TPSA) is 74.8 Å². The normalized spacial score (nSPS) is 14.8. The van der Waals surface area contributed by atoms with E-state index in [2.05, 4.69) is 30.9 Å². The molecule has 1 aliphatic rings. The van der Waals surface area contributed by atoms with Gasteiger partial charge < -0.3 is 16.0 Å². The van der Waals surface area contributed by atoms with Gasteiger partial charge in [-0.3, -0.25) is 4.98 Å². The van der Waals surface area contributed by atoms with Gasteiger partial charge in [-0.2, -0.15) is 0 Å². The quantitative estimate of drug-likeness (QED) is 0.766. The number of pyridine rings is 1. The average molecular weight is 256 g/mol. The molecule has 19 heavy (non-hydrogen) atoms. The lowest BCUT2D eigenvalue weighted by molar-refractivity contribution is 0.471. The molecular weight excluding hydrogens is 240 g/mol. The molecule has 0 bridgehead atoms. The number of nitrogens with one attached hydrogen (secondary N) is 3. The Balaban J connectivity index is 1.77.